The summed E-state index contributed by atoms with van der Waals surface area (Å²) in [5.41, 5.74) is 1.65. The molecule has 2 heterocycles. The van der Waals surface area contributed by atoms with Crippen molar-refractivity contribution in [2.75, 3.05) is 0 Å². The van der Waals surface area contributed by atoms with Crippen LogP contribution in [0, 0.1) is 0 Å². The molecule has 0 atom stereocenters. The number of carbonyl (C=O) groups is 2. The number of fused-ring (bicyclic) bond motifs is 1. The molecule has 1 N–H and O–H groups in total. The van der Waals surface area contributed by atoms with E-state index in [0.717, 1.165) is 38.1 Å². The molecule has 3 aromatic rings. The van der Waals surface area contributed by atoms with Crippen molar-refractivity contribution in [3.05, 3.63) is 70.1 Å². The second-order valence-electron chi connectivity index (χ2n) is 5.48. The largest absolute Gasteiger partial charge is 0.290 e. The van der Waals surface area contributed by atoms with E-state index in [-0.39, 0.29) is 11.1 Å². The zero-order chi connectivity index (χ0) is 18.1. The molecule has 0 bridgehead atoms. The number of thioether (sulfide) groups is 1. The smallest absolute Gasteiger partial charge is 0.282 e. The summed E-state index contributed by atoms with van der Waals surface area (Å²) in [7, 11) is 0. The van der Waals surface area contributed by atoms with Gasteiger partial charge in [-0.25, -0.2) is 4.98 Å². The third kappa shape index (κ3) is 3.62. The van der Waals surface area contributed by atoms with E-state index in [0.29, 0.717) is 9.93 Å². The first kappa shape index (κ1) is 17.1. The zero-order valence-electron chi connectivity index (χ0n) is 13.2. The molecule has 4 rings (SSSR count). The fourth-order valence-electron chi connectivity index (χ4n) is 2.48. The molecule has 128 valence electrons. The van der Waals surface area contributed by atoms with Crippen molar-refractivity contribution in [3.8, 4) is 0 Å². The third-order valence-corrected chi connectivity index (χ3v) is 5.76. The SMILES string of the molecule is O=C1NC(=O)/C(=C\c2cc3ccccc3nc2Sc2ccc(Cl)cc2)S1. The van der Waals surface area contributed by atoms with E-state index in [1.807, 2.05) is 54.6 Å². The highest BCUT2D eigenvalue weighted by Crippen LogP contribution is 2.34. The number of benzene rings is 2. The van der Waals surface area contributed by atoms with Crippen LogP contribution in [0.1, 0.15) is 5.56 Å². The number of hydrogen-bond donors (Lipinski definition) is 1. The molecule has 0 unspecified atom stereocenters. The van der Waals surface area contributed by atoms with Crippen LogP contribution in [0.4, 0.5) is 4.79 Å². The van der Waals surface area contributed by atoms with Crippen LogP contribution in [0.5, 0.6) is 0 Å². The Morgan fingerprint density at radius 2 is 1.85 bits per heavy atom. The summed E-state index contributed by atoms with van der Waals surface area (Å²) in [6, 6.07) is 17.2. The van der Waals surface area contributed by atoms with Crippen LogP contribution in [0.25, 0.3) is 17.0 Å². The van der Waals surface area contributed by atoms with E-state index in [1.165, 1.54) is 11.8 Å². The van der Waals surface area contributed by atoms with Crippen LogP contribution in [0.3, 0.4) is 0 Å². The average Bonchev–Trinajstić information content (AvgIpc) is 2.94. The number of para-hydroxylation sites is 1. The zero-order valence-corrected chi connectivity index (χ0v) is 15.6. The van der Waals surface area contributed by atoms with Crippen molar-refractivity contribution in [1.82, 2.24) is 10.3 Å². The minimum atomic E-state index is -0.379. The number of nitrogens with one attached hydrogen (secondary N) is 1. The summed E-state index contributed by atoms with van der Waals surface area (Å²) in [5.74, 6) is -0.379. The van der Waals surface area contributed by atoms with E-state index in [9.17, 15) is 9.59 Å². The Bertz CT molecular complexity index is 1060. The molecule has 0 aliphatic carbocycles. The van der Waals surface area contributed by atoms with E-state index < -0.39 is 0 Å². The number of carbonyl (C=O) groups excluding carboxylic acids is 2. The molecule has 0 radical (unpaired) electrons. The Balaban J connectivity index is 1.81. The molecule has 0 saturated carbocycles. The van der Waals surface area contributed by atoms with Crippen molar-refractivity contribution in [3.63, 3.8) is 0 Å². The lowest BCUT2D eigenvalue weighted by molar-refractivity contribution is -0.115. The van der Waals surface area contributed by atoms with Gasteiger partial charge in [0.05, 0.1) is 10.4 Å². The van der Waals surface area contributed by atoms with Crippen LogP contribution >= 0.6 is 35.1 Å². The molecule has 1 aromatic heterocycles. The van der Waals surface area contributed by atoms with Gasteiger partial charge in [0, 0.05) is 20.9 Å². The number of amides is 2. The van der Waals surface area contributed by atoms with Gasteiger partial charge in [0.25, 0.3) is 11.1 Å². The molecule has 2 aromatic carbocycles. The van der Waals surface area contributed by atoms with E-state index in [4.69, 9.17) is 16.6 Å². The molecule has 4 nitrogen and oxygen atoms in total. The normalized spacial score (nSPS) is 15.7. The summed E-state index contributed by atoms with van der Waals surface area (Å²) in [6.45, 7) is 0. The van der Waals surface area contributed by atoms with Crippen LogP contribution in [0.2, 0.25) is 5.02 Å². The quantitative estimate of drug-likeness (QED) is 0.601. The maximum Gasteiger partial charge on any atom is 0.290 e. The van der Waals surface area contributed by atoms with Gasteiger partial charge in [0.15, 0.2) is 0 Å². The second kappa shape index (κ2) is 7.15. The topological polar surface area (TPSA) is 59.1 Å². The Morgan fingerprint density at radius 1 is 1.08 bits per heavy atom. The molecule has 2 amide bonds. The molecule has 1 aliphatic heterocycles. The Labute approximate surface area is 163 Å². The Morgan fingerprint density at radius 3 is 2.58 bits per heavy atom. The number of pyridine rings is 1. The van der Waals surface area contributed by atoms with Gasteiger partial charge in [0.1, 0.15) is 5.03 Å². The number of aromatic nitrogens is 1. The number of imide groups is 1. The van der Waals surface area contributed by atoms with E-state index in [2.05, 4.69) is 5.32 Å². The predicted octanol–water partition coefficient (Wildman–Crippen LogP) is 5.36. The van der Waals surface area contributed by atoms with Crippen LogP contribution in [0.15, 0.2) is 69.4 Å². The van der Waals surface area contributed by atoms with Gasteiger partial charge in [0.2, 0.25) is 0 Å². The van der Waals surface area contributed by atoms with Crippen molar-refractivity contribution in [2.24, 2.45) is 0 Å². The van der Waals surface area contributed by atoms with Gasteiger partial charge < -0.3 is 0 Å². The van der Waals surface area contributed by atoms with Gasteiger partial charge in [-0.2, -0.15) is 0 Å². The summed E-state index contributed by atoms with van der Waals surface area (Å²) >= 11 is 8.33. The van der Waals surface area contributed by atoms with Gasteiger partial charge in [-0.05, 0) is 54.2 Å². The molecule has 1 fully saturated rings. The molecule has 0 spiro atoms. The summed E-state index contributed by atoms with van der Waals surface area (Å²) < 4.78 is 0. The summed E-state index contributed by atoms with van der Waals surface area (Å²) in [6.07, 6.45) is 1.71. The maximum absolute atomic E-state index is 11.9. The molecule has 1 saturated heterocycles. The van der Waals surface area contributed by atoms with Crippen molar-refractivity contribution in [1.29, 1.82) is 0 Å². The molecule has 1 aliphatic rings. The molecular formula is C19H11ClN2O2S2. The Hall–Kier alpha value is -2.28. The van der Waals surface area contributed by atoms with Gasteiger partial charge in [-0.15, -0.1) is 0 Å². The van der Waals surface area contributed by atoms with E-state index >= 15 is 0 Å². The van der Waals surface area contributed by atoms with Gasteiger partial charge >= 0.3 is 0 Å². The lowest BCUT2D eigenvalue weighted by atomic mass is 10.1. The highest BCUT2D eigenvalue weighted by molar-refractivity contribution is 8.18. The van der Waals surface area contributed by atoms with Crippen molar-refractivity contribution < 1.29 is 9.59 Å². The highest BCUT2D eigenvalue weighted by atomic mass is 35.5. The molecule has 7 heteroatoms. The standard InChI is InChI=1S/C19H11ClN2O2S2/c20-13-5-7-14(8-6-13)25-18-12(10-16-17(23)22-19(24)26-16)9-11-3-1-2-4-15(11)21-18/h1-10H,(H,22,23,24)/b16-10+. The summed E-state index contributed by atoms with van der Waals surface area (Å²) in [4.78, 5) is 29.4. The number of nitrogens with zero attached hydrogens (tertiary/aromatic N) is 1. The predicted molar refractivity (Wildman–Crippen MR) is 106 cm³/mol. The number of halogens is 1. The van der Waals surface area contributed by atoms with Gasteiger partial charge in [-0.1, -0.05) is 41.6 Å². The minimum absolute atomic E-state index is 0.359. The first-order valence-electron chi connectivity index (χ1n) is 7.66. The molecule has 26 heavy (non-hydrogen) atoms. The van der Waals surface area contributed by atoms with Crippen molar-refractivity contribution in [2.45, 2.75) is 9.92 Å². The lowest BCUT2D eigenvalue weighted by Gasteiger charge is -2.08. The highest BCUT2D eigenvalue weighted by Gasteiger charge is 2.25. The second-order valence-corrected chi connectivity index (χ2v) is 8.00. The first-order chi connectivity index (χ1) is 12.6. The maximum atomic E-state index is 11.9. The molecular weight excluding hydrogens is 388 g/mol. The van der Waals surface area contributed by atoms with Crippen LogP contribution < -0.4 is 5.32 Å². The fraction of sp³-hybridized carbons (Fsp3) is 0. The number of hydrogen-bond acceptors (Lipinski definition) is 5. The Kier molecular flexibility index (Phi) is 4.72. The first-order valence-corrected chi connectivity index (χ1v) is 9.68. The fourth-order valence-corrected chi connectivity index (χ4v) is 4.15. The van der Waals surface area contributed by atoms with Gasteiger partial charge in [-0.3, -0.25) is 14.9 Å². The average molecular weight is 399 g/mol. The van der Waals surface area contributed by atoms with Crippen LogP contribution in [-0.2, 0) is 4.79 Å². The van der Waals surface area contributed by atoms with E-state index in [1.54, 1.807) is 6.08 Å². The van der Waals surface area contributed by atoms with Crippen LogP contribution in [-0.4, -0.2) is 16.1 Å². The van der Waals surface area contributed by atoms with Crippen molar-refractivity contribution >= 4 is 63.3 Å². The number of rotatable bonds is 3. The summed E-state index contributed by atoms with van der Waals surface area (Å²) in [5, 5.41) is 4.31. The minimum Gasteiger partial charge on any atom is -0.282 e. The monoisotopic (exact) mass is 398 g/mol. The lowest BCUT2D eigenvalue weighted by Crippen LogP contribution is -2.17. The third-order valence-electron chi connectivity index (χ3n) is 3.67.